The number of nitrogens with zero attached hydrogens (tertiary/aromatic N) is 1. The number of benzene rings is 1. The smallest absolute Gasteiger partial charge is 0.353 e. The number of carbonyl (C=O) groups is 1. The van der Waals surface area contributed by atoms with Crippen LogP contribution in [0.25, 0.3) is 0 Å². The van der Waals surface area contributed by atoms with E-state index < -0.39 is 11.7 Å². The van der Waals surface area contributed by atoms with E-state index >= 15 is 0 Å². The molecule has 25 heavy (non-hydrogen) atoms. The fourth-order valence-corrected chi connectivity index (χ4v) is 2.98. The summed E-state index contributed by atoms with van der Waals surface area (Å²) in [6.07, 6.45) is -2.78. The number of aryl methyl sites for hydroxylation is 1. The van der Waals surface area contributed by atoms with Crippen molar-refractivity contribution in [1.82, 2.24) is 15.5 Å². The van der Waals surface area contributed by atoms with Crippen molar-refractivity contribution in [1.29, 1.82) is 0 Å². The first-order valence-electron chi connectivity index (χ1n) is 7.84. The van der Waals surface area contributed by atoms with Crippen LogP contribution in [0.15, 0.2) is 35.1 Å². The third kappa shape index (κ3) is 4.26. The van der Waals surface area contributed by atoms with Crippen LogP contribution in [-0.2, 0) is 30.2 Å². The molecule has 0 saturated heterocycles. The third-order valence-corrected chi connectivity index (χ3v) is 4.16. The predicted octanol–water partition coefficient (Wildman–Crippen LogP) is 2.00. The van der Waals surface area contributed by atoms with Crippen LogP contribution in [-0.4, -0.2) is 22.1 Å². The fraction of sp³-hybridized carbons (Fsp3) is 0.353. The van der Waals surface area contributed by atoms with Crippen LogP contribution in [0.4, 0.5) is 13.2 Å². The quantitative estimate of drug-likeness (QED) is 0.888. The van der Waals surface area contributed by atoms with E-state index in [0.717, 1.165) is 23.4 Å². The average molecular weight is 351 g/mol. The molecule has 0 saturated carbocycles. The van der Waals surface area contributed by atoms with Gasteiger partial charge in [-0.15, -0.1) is 0 Å². The van der Waals surface area contributed by atoms with Gasteiger partial charge < -0.3 is 5.32 Å². The van der Waals surface area contributed by atoms with Gasteiger partial charge in [0.2, 0.25) is 5.91 Å². The van der Waals surface area contributed by atoms with Gasteiger partial charge in [0.25, 0.3) is 5.56 Å². The number of hydrogen-bond donors (Lipinski definition) is 2. The summed E-state index contributed by atoms with van der Waals surface area (Å²) in [6.45, 7) is 0. The molecule has 8 heteroatoms. The highest BCUT2D eigenvalue weighted by atomic mass is 19.4. The Morgan fingerprint density at radius 2 is 2.12 bits per heavy atom. The topological polar surface area (TPSA) is 74.8 Å². The van der Waals surface area contributed by atoms with Crippen LogP contribution in [0.3, 0.4) is 0 Å². The number of amides is 1. The zero-order valence-electron chi connectivity index (χ0n) is 13.2. The van der Waals surface area contributed by atoms with Gasteiger partial charge in [0, 0.05) is 12.1 Å². The van der Waals surface area contributed by atoms with Gasteiger partial charge in [-0.1, -0.05) is 18.2 Å². The molecule has 0 aliphatic heterocycles. The minimum atomic E-state index is -4.43. The Balaban J connectivity index is 1.63. The third-order valence-electron chi connectivity index (χ3n) is 4.16. The summed E-state index contributed by atoms with van der Waals surface area (Å²) in [4.78, 5) is 23.5. The average Bonchev–Trinajstić information content (AvgIpc) is 2.53. The van der Waals surface area contributed by atoms with Crippen LogP contribution >= 0.6 is 0 Å². The number of aromatic amines is 1. The monoisotopic (exact) mass is 351 g/mol. The predicted molar refractivity (Wildman–Crippen MR) is 84.0 cm³/mol. The number of nitrogens with one attached hydrogen (secondary N) is 2. The number of hydrogen-bond acceptors (Lipinski definition) is 3. The molecule has 3 rings (SSSR count). The van der Waals surface area contributed by atoms with Gasteiger partial charge in [-0.25, -0.2) is 5.10 Å². The van der Waals surface area contributed by atoms with E-state index in [1.165, 1.54) is 18.2 Å². The number of aromatic nitrogens is 2. The molecule has 1 atom stereocenters. The van der Waals surface area contributed by atoms with E-state index in [2.05, 4.69) is 15.5 Å². The van der Waals surface area contributed by atoms with Crippen LogP contribution in [0.5, 0.6) is 0 Å². The molecule has 2 N–H and O–H groups in total. The van der Waals surface area contributed by atoms with Gasteiger partial charge in [0.1, 0.15) is 0 Å². The molecule has 132 valence electrons. The summed E-state index contributed by atoms with van der Waals surface area (Å²) >= 11 is 0. The first kappa shape index (κ1) is 17.2. The number of carbonyl (C=O) groups excluding carboxylic acids is 1. The molecule has 0 fully saturated rings. The lowest BCUT2D eigenvalue weighted by molar-refractivity contribution is -0.137. The molecule has 1 amide bonds. The lowest BCUT2D eigenvalue weighted by Gasteiger charge is -2.24. The van der Waals surface area contributed by atoms with Crippen molar-refractivity contribution in [2.24, 2.45) is 0 Å². The molecular formula is C17H16F3N3O2. The van der Waals surface area contributed by atoms with Crippen LogP contribution in [0.2, 0.25) is 0 Å². The Morgan fingerprint density at radius 1 is 1.32 bits per heavy atom. The Bertz CT molecular complexity index is 846. The van der Waals surface area contributed by atoms with Crippen molar-refractivity contribution in [3.05, 3.63) is 63.1 Å². The van der Waals surface area contributed by atoms with Crippen molar-refractivity contribution in [2.45, 2.75) is 37.9 Å². The normalized spacial score (nSPS) is 17.0. The summed E-state index contributed by atoms with van der Waals surface area (Å²) in [6, 6.07) is 6.06. The van der Waals surface area contributed by atoms with E-state index in [0.29, 0.717) is 24.8 Å². The fourth-order valence-electron chi connectivity index (χ4n) is 2.98. The Morgan fingerprint density at radius 3 is 2.88 bits per heavy atom. The standard InChI is InChI=1S/C17H16F3N3O2/c18-17(19,20)12-3-1-2-10(6-12)7-15(24)21-13-4-5-14-11(8-13)9-16(25)23-22-14/h1-3,6,9,13H,4-5,7-8H2,(H,21,24)(H,23,25). The number of H-pyrrole nitrogens is 1. The summed E-state index contributed by atoms with van der Waals surface area (Å²) in [5.74, 6) is -0.342. The Kier molecular flexibility index (Phi) is 4.61. The maximum absolute atomic E-state index is 12.7. The van der Waals surface area contributed by atoms with Crippen molar-refractivity contribution in [3.63, 3.8) is 0 Å². The van der Waals surface area contributed by atoms with E-state index in [-0.39, 0.29) is 23.9 Å². The second-order valence-electron chi connectivity index (χ2n) is 6.09. The molecule has 1 unspecified atom stereocenters. The van der Waals surface area contributed by atoms with Crippen LogP contribution in [0.1, 0.15) is 28.8 Å². The molecule has 5 nitrogen and oxygen atoms in total. The van der Waals surface area contributed by atoms with Gasteiger partial charge in [0.05, 0.1) is 17.7 Å². The van der Waals surface area contributed by atoms with Crippen LogP contribution < -0.4 is 10.9 Å². The van der Waals surface area contributed by atoms with Crippen molar-refractivity contribution < 1.29 is 18.0 Å². The zero-order chi connectivity index (χ0) is 18.0. The van der Waals surface area contributed by atoms with Gasteiger partial charge >= 0.3 is 6.18 Å². The van der Waals surface area contributed by atoms with E-state index in [1.54, 1.807) is 0 Å². The molecule has 1 aliphatic carbocycles. The molecule has 1 aromatic heterocycles. The molecule has 1 heterocycles. The number of halogens is 3. The summed E-state index contributed by atoms with van der Waals surface area (Å²) < 4.78 is 38.2. The SMILES string of the molecule is O=C(Cc1cccc(C(F)(F)F)c1)NC1CCc2n[nH]c(=O)cc2C1. The molecule has 0 spiro atoms. The van der Waals surface area contributed by atoms with Gasteiger partial charge in [0.15, 0.2) is 0 Å². The lowest BCUT2D eigenvalue weighted by Crippen LogP contribution is -2.40. The second kappa shape index (κ2) is 6.70. The zero-order valence-corrected chi connectivity index (χ0v) is 13.2. The van der Waals surface area contributed by atoms with Gasteiger partial charge in [-0.05, 0) is 36.5 Å². The molecule has 0 bridgehead atoms. The molecule has 0 radical (unpaired) electrons. The van der Waals surface area contributed by atoms with Crippen molar-refractivity contribution in [2.75, 3.05) is 0 Å². The largest absolute Gasteiger partial charge is 0.416 e. The van der Waals surface area contributed by atoms with Crippen molar-refractivity contribution in [3.8, 4) is 0 Å². The first-order valence-corrected chi connectivity index (χ1v) is 7.84. The molecule has 1 aromatic carbocycles. The van der Waals surface area contributed by atoms with E-state index in [4.69, 9.17) is 0 Å². The number of rotatable bonds is 3. The molecule has 1 aliphatic rings. The first-order chi connectivity index (χ1) is 11.8. The van der Waals surface area contributed by atoms with E-state index in [9.17, 15) is 22.8 Å². The summed E-state index contributed by atoms with van der Waals surface area (Å²) in [5.41, 5.74) is 0.841. The Hall–Kier alpha value is -2.64. The lowest BCUT2D eigenvalue weighted by atomic mass is 9.92. The highest BCUT2D eigenvalue weighted by Crippen LogP contribution is 2.29. The van der Waals surface area contributed by atoms with Crippen LogP contribution in [0, 0.1) is 0 Å². The minimum absolute atomic E-state index is 0.124. The second-order valence-corrected chi connectivity index (χ2v) is 6.09. The van der Waals surface area contributed by atoms with Gasteiger partial charge in [-0.2, -0.15) is 18.3 Å². The maximum atomic E-state index is 12.7. The summed E-state index contributed by atoms with van der Waals surface area (Å²) in [7, 11) is 0. The van der Waals surface area contributed by atoms with Crippen molar-refractivity contribution >= 4 is 5.91 Å². The van der Waals surface area contributed by atoms with E-state index in [1.807, 2.05) is 0 Å². The summed E-state index contributed by atoms with van der Waals surface area (Å²) in [5, 5.41) is 9.18. The molecular weight excluding hydrogens is 335 g/mol. The number of alkyl halides is 3. The highest BCUT2D eigenvalue weighted by molar-refractivity contribution is 5.79. The van der Waals surface area contributed by atoms with Gasteiger partial charge in [-0.3, -0.25) is 9.59 Å². The molecule has 2 aromatic rings. The minimum Gasteiger partial charge on any atom is -0.353 e. The number of fused-ring (bicyclic) bond motifs is 1. The highest BCUT2D eigenvalue weighted by Gasteiger charge is 2.30. The maximum Gasteiger partial charge on any atom is 0.416 e. The Labute approximate surface area is 141 Å².